The van der Waals surface area contributed by atoms with E-state index in [1.165, 1.54) is 6.20 Å². The lowest BCUT2D eigenvalue weighted by Crippen LogP contribution is -2.20. The van der Waals surface area contributed by atoms with Crippen LogP contribution in [0.5, 0.6) is 0 Å². The molecule has 0 spiro atoms. The molecule has 0 radical (unpaired) electrons. The molecule has 5 nitrogen and oxygen atoms in total. The van der Waals surface area contributed by atoms with Crippen molar-refractivity contribution in [2.24, 2.45) is 5.41 Å². The molecule has 1 rings (SSSR count). The maximum Gasteiger partial charge on any atom is 0.291 e. The van der Waals surface area contributed by atoms with Crippen molar-refractivity contribution in [3.05, 3.63) is 26.3 Å². The highest BCUT2D eigenvalue weighted by molar-refractivity contribution is 9.10. The van der Waals surface area contributed by atoms with Gasteiger partial charge in [0.25, 0.3) is 5.69 Å². The van der Waals surface area contributed by atoms with Crippen molar-refractivity contribution < 1.29 is 4.92 Å². The van der Waals surface area contributed by atoms with Crippen molar-refractivity contribution in [3.8, 4) is 0 Å². The van der Waals surface area contributed by atoms with E-state index in [2.05, 4.69) is 47.0 Å². The third-order valence-corrected chi connectivity index (χ3v) is 3.19. The first-order valence-corrected chi connectivity index (χ1v) is 6.05. The van der Waals surface area contributed by atoms with Crippen LogP contribution in [0.3, 0.4) is 0 Å². The van der Waals surface area contributed by atoms with Gasteiger partial charge in [-0.1, -0.05) is 20.8 Å². The molecular formula is C11H16BrN3O2. The molecule has 17 heavy (non-hydrogen) atoms. The molecule has 1 aromatic rings. The van der Waals surface area contributed by atoms with Crippen LogP contribution in [-0.4, -0.2) is 16.5 Å². The summed E-state index contributed by atoms with van der Waals surface area (Å²) in [4.78, 5) is 14.4. The van der Waals surface area contributed by atoms with Gasteiger partial charge in [-0.2, -0.15) is 0 Å². The summed E-state index contributed by atoms with van der Waals surface area (Å²) in [6.07, 6.45) is 1.28. The molecule has 0 aliphatic rings. The monoisotopic (exact) mass is 301 g/mol. The van der Waals surface area contributed by atoms with Gasteiger partial charge < -0.3 is 5.32 Å². The van der Waals surface area contributed by atoms with Crippen LogP contribution in [0.15, 0.2) is 10.7 Å². The number of nitrogens with zero attached hydrogens (tertiary/aromatic N) is 2. The predicted molar refractivity (Wildman–Crippen MR) is 71.3 cm³/mol. The highest BCUT2D eigenvalue weighted by Crippen LogP contribution is 2.31. The van der Waals surface area contributed by atoms with Crippen LogP contribution in [-0.2, 0) is 0 Å². The summed E-state index contributed by atoms with van der Waals surface area (Å²) in [6, 6.07) is 0. The highest BCUT2D eigenvalue weighted by atomic mass is 79.9. The van der Waals surface area contributed by atoms with Crippen LogP contribution < -0.4 is 5.32 Å². The Bertz CT molecular complexity index is 441. The van der Waals surface area contributed by atoms with Crippen molar-refractivity contribution >= 4 is 27.4 Å². The van der Waals surface area contributed by atoms with Gasteiger partial charge in [0.1, 0.15) is 12.0 Å². The molecule has 0 saturated carbocycles. The quantitative estimate of drug-likeness (QED) is 0.685. The Balaban J connectivity index is 2.97. The summed E-state index contributed by atoms with van der Waals surface area (Å²) in [7, 11) is 0. The number of hydrogen-bond donors (Lipinski definition) is 1. The predicted octanol–water partition coefficient (Wildman–Crippen LogP) is 3.52. The van der Waals surface area contributed by atoms with E-state index in [-0.39, 0.29) is 11.1 Å². The smallest absolute Gasteiger partial charge is 0.291 e. The summed E-state index contributed by atoms with van der Waals surface area (Å²) >= 11 is 3.34. The van der Waals surface area contributed by atoms with Gasteiger partial charge in [0, 0.05) is 12.1 Å². The number of aromatic nitrogens is 1. The second kappa shape index (κ2) is 5.00. The van der Waals surface area contributed by atoms with Crippen LogP contribution in [0, 0.1) is 22.5 Å². The van der Waals surface area contributed by atoms with Gasteiger partial charge in [-0.15, -0.1) is 0 Å². The number of nitro groups is 1. The minimum absolute atomic E-state index is 0.0261. The minimum Gasteiger partial charge on any atom is -0.369 e. The molecule has 6 heteroatoms. The number of anilines is 1. The van der Waals surface area contributed by atoms with E-state index in [0.29, 0.717) is 15.9 Å². The first kappa shape index (κ1) is 13.9. The summed E-state index contributed by atoms with van der Waals surface area (Å²) in [6.45, 7) is 8.76. The molecule has 0 saturated heterocycles. The van der Waals surface area contributed by atoms with Crippen LogP contribution in [0.2, 0.25) is 0 Å². The maximum absolute atomic E-state index is 10.7. The molecule has 94 valence electrons. The Morgan fingerprint density at radius 1 is 1.53 bits per heavy atom. The van der Waals surface area contributed by atoms with Crippen LogP contribution in [0.1, 0.15) is 26.3 Å². The number of halogens is 1. The second-order valence-corrected chi connectivity index (χ2v) is 5.90. The molecule has 0 amide bonds. The summed E-state index contributed by atoms with van der Waals surface area (Å²) in [5.41, 5.74) is 0.733. The molecule has 0 aromatic carbocycles. The molecular weight excluding hydrogens is 286 g/mol. The fourth-order valence-corrected chi connectivity index (χ4v) is 1.67. The fourth-order valence-electron chi connectivity index (χ4n) is 1.23. The fraction of sp³-hybridized carbons (Fsp3) is 0.545. The summed E-state index contributed by atoms with van der Waals surface area (Å²) in [5, 5.41) is 13.9. The van der Waals surface area contributed by atoms with Gasteiger partial charge in [-0.3, -0.25) is 10.1 Å². The van der Waals surface area contributed by atoms with Crippen molar-refractivity contribution in [1.29, 1.82) is 0 Å². The third-order valence-electron chi connectivity index (χ3n) is 2.22. The molecule has 0 bridgehead atoms. The third kappa shape index (κ3) is 3.66. The Hall–Kier alpha value is -1.17. The van der Waals surface area contributed by atoms with E-state index in [4.69, 9.17) is 0 Å². The number of nitrogens with one attached hydrogen (secondary N) is 1. The van der Waals surface area contributed by atoms with E-state index in [9.17, 15) is 10.1 Å². The minimum atomic E-state index is -0.430. The Kier molecular flexibility index (Phi) is 4.08. The molecule has 1 aromatic heterocycles. The van der Waals surface area contributed by atoms with Gasteiger partial charge in [-0.05, 0) is 28.3 Å². The zero-order valence-corrected chi connectivity index (χ0v) is 12.0. The van der Waals surface area contributed by atoms with Crippen molar-refractivity contribution in [2.75, 3.05) is 11.9 Å². The number of pyridine rings is 1. The van der Waals surface area contributed by atoms with Gasteiger partial charge >= 0.3 is 0 Å². The molecule has 0 fully saturated rings. The topological polar surface area (TPSA) is 68.1 Å². The Labute approximate surface area is 109 Å². The summed E-state index contributed by atoms with van der Waals surface area (Å²) in [5.74, 6) is 0.642. The van der Waals surface area contributed by atoms with Crippen molar-refractivity contribution in [2.45, 2.75) is 27.7 Å². The van der Waals surface area contributed by atoms with E-state index in [0.717, 1.165) is 6.54 Å². The number of hydrogen-bond acceptors (Lipinski definition) is 4. The Morgan fingerprint density at radius 2 is 2.12 bits per heavy atom. The van der Waals surface area contributed by atoms with Gasteiger partial charge in [0.2, 0.25) is 0 Å². The zero-order chi connectivity index (χ0) is 13.2. The average molecular weight is 302 g/mol. The number of rotatable bonds is 3. The highest BCUT2D eigenvalue weighted by Gasteiger charge is 2.18. The second-order valence-electron chi connectivity index (χ2n) is 5.10. The van der Waals surface area contributed by atoms with Crippen molar-refractivity contribution in [1.82, 2.24) is 4.98 Å². The lowest BCUT2D eigenvalue weighted by atomic mass is 9.97. The molecule has 0 unspecified atom stereocenters. The van der Waals surface area contributed by atoms with E-state index in [1.54, 1.807) is 6.92 Å². The van der Waals surface area contributed by atoms with Gasteiger partial charge in [-0.25, -0.2) is 4.98 Å². The molecule has 1 N–H and O–H groups in total. The molecule has 0 atom stereocenters. The van der Waals surface area contributed by atoms with Crippen LogP contribution in [0.4, 0.5) is 11.5 Å². The zero-order valence-electron chi connectivity index (χ0n) is 10.4. The SMILES string of the molecule is Cc1c([N+](=O)[O-])cnc(NCC(C)(C)C)c1Br. The standard InChI is InChI=1S/C11H16BrN3O2/c1-7-8(15(16)17)5-13-10(9(7)12)14-6-11(2,3)4/h5H,6H2,1-4H3,(H,13,14). The average Bonchev–Trinajstić information content (AvgIpc) is 2.18. The maximum atomic E-state index is 10.7. The van der Waals surface area contributed by atoms with E-state index < -0.39 is 4.92 Å². The Morgan fingerprint density at radius 3 is 2.59 bits per heavy atom. The molecule has 0 aliphatic carbocycles. The molecule has 1 heterocycles. The first-order valence-electron chi connectivity index (χ1n) is 5.26. The normalized spacial score (nSPS) is 11.4. The lowest BCUT2D eigenvalue weighted by Gasteiger charge is -2.19. The molecule has 0 aliphatic heterocycles. The summed E-state index contributed by atoms with van der Waals surface area (Å²) < 4.78 is 0.649. The van der Waals surface area contributed by atoms with Gasteiger partial charge in [0.15, 0.2) is 0 Å². The van der Waals surface area contributed by atoms with Crippen molar-refractivity contribution in [3.63, 3.8) is 0 Å². The lowest BCUT2D eigenvalue weighted by molar-refractivity contribution is -0.385. The van der Waals surface area contributed by atoms with Gasteiger partial charge in [0.05, 0.1) is 9.40 Å². The largest absolute Gasteiger partial charge is 0.369 e. The van der Waals surface area contributed by atoms with E-state index in [1.807, 2.05) is 0 Å². The van der Waals surface area contributed by atoms with E-state index >= 15 is 0 Å². The van der Waals surface area contributed by atoms with Crippen LogP contribution >= 0.6 is 15.9 Å². The van der Waals surface area contributed by atoms with Crippen LogP contribution in [0.25, 0.3) is 0 Å². The first-order chi connectivity index (χ1) is 7.72.